The summed E-state index contributed by atoms with van der Waals surface area (Å²) >= 11 is 6.08. The van der Waals surface area contributed by atoms with Crippen molar-refractivity contribution in [2.45, 2.75) is 24.8 Å². The highest BCUT2D eigenvalue weighted by Crippen LogP contribution is 2.49. The molecule has 3 rings (SSSR count). The molecule has 1 fully saturated rings. The first-order chi connectivity index (χ1) is 12.5. The van der Waals surface area contributed by atoms with E-state index in [1.54, 1.807) is 27.4 Å². The Bertz CT molecular complexity index is 817. The van der Waals surface area contributed by atoms with Gasteiger partial charge in [0.2, 0.25) is 5.91 Å². The number of carbonyl (C=O) groups is 1. The fraction of sp³-hybridized carbons (Fsp3) is 0.350. The van der Waals surface area contributed by atoms with Crippen LogP contribution in [0.2, 0.25) is 5.02 Å². The van der Waals surface area contributed by atoms with Crippen molar-refractivity contribution >= 4 is 17.5 Å². The predicted molar refractivity (Wildman–Crippen MR) is 100 cm³/mol. The van der Waals surface area contributed by atoms with E-state index in [2.05, 4.69) is 5.32 Å². The Balaban J connectivity index is 1.77. The second-order valence-electron chi connectivity index (χ2n) is 6.29. The van der Waals surface area contributed by atoms with Gasteiger partial charge in [-0.05, 0) is 36.6 Å². The SMILES string of the molecule is COc1cc(OC)c(OC)cc1CNC(=O)C1(c2cccc(Cl)c2)CC1. The Morgan fingerprint density at radius 3 is 2.27 bits per heavy atom. The van der Waals surface area contributed by atoms with E-state index in [1.807, 2.05) is 30.3 Å². The number of amides is 1. The number of nitrogens with one attached hydrogen (secondary N) is 1. The van der Waals surface area contributed by atoms with Gasteiger partial charge in [0, 0.05) is 23.2 Å². The Kier molecular flexibility index (Phi) is 5.28. The van der Waals surface area contributed by atoms with Gasteiger partial charge in [-0.2, -0.15) is 0 Å². The summed E-state index contributed by atoms with van der Waals surface area (Å²) in [5, 5.41) is 3.67. The third-order valence-corrected chi connectivity index (χ3v) is 5.02. The van der Waals surface area contributed by atoms with Gasteiger partial charge in [0.1, 0.15) is 5.75 Å². The molecule has 26 heavy (non-hydrogen) atoms. The van der Waals surface area contributed by atoms with E-state index in [0.717, 1.165) is 24.0 Å². The topological polar surface area (TPSA) is 56.8 Å². The maximum Gasteiger partial charge on any atom is 0.230 e. The van der Waals surface area contributed by atoms with Crippen LogP contribution in [0.15, 0.2) is 36.4 Å². The van der Waals surface area contributed by atoms with Crippen molar-refractivity contribution in [3.8, 4) is 17.2 Å². The molecule has 0 heterocycles. The molecule has 0 bridgehead atoms. The number of ether oxygens (including phenoxy) is 3. The lowest BCUT2D eigenvalue weighted by atomic mass is 9.95. The summed E-state index contributed by atoms with van der Waals surface area (Å²) in [7, 11) is 4.73. The lowest BCUT2D eigenvalue weighted by Gasteiger charge is -2.18. The maximum absolute atomic E-state index is 12.8. The number of methoxy groups -OCH3 is 3. The van der Waals surface area contributed by atoms with Crippen molar-refractivity contribution in [2.24, 2.45) is 0 Å². The number of carbonyl (C=O) groups excluding carboxylic acids is 1. The van der Waals surface area contributed by atoms with Crippen molar-refractivity contribution in [1.29, 1.82) is 0 Å². The van der Waals surface area contributed by atoms with Crippen LogP contribution in [0, 0.1) is 0 Å². The summed E-state index contributed by atoms with van der Waals surface area (Å²) in [5.41, 5.74) is 1.30. The van der Waals surface area contributed by atoms with Gasteiger partial charge in [-0.25, -0.2) is 0 Å². The summed E-state index contributed by atoms with van der Waals surface area (Å²) in [6.07, 6.45) is 1.64. The van der Waals surface area contributed by atoms with Crippen LogP contribution in [0.25, 0.3) is 0 Å². The molecule has 0 unspecified atom stereocenters. The standard InChI is InChI=1S/C20H22ClNO4/c1-24-16-11-18(26-3)17(25-2)9-13(16)12-22-19(23)20(7-8-20)14-5-4-6-15(21)10-14/h4-6,9-11H,7-8,12H2,1-3H3,(H,22,23). The van der Waals surface area contributed by atoms with Crippen molar-refractivity contribution in [2.75, 3.05) is 21.3 Å². The Labute approximate surface area is 158 Å². The molecule has 138 valence electrons. The number of halogens is 1. The molecule has 0 spiro atoms. The van der Waals surface area contributed by atoms with Crippen LogP contribution in [-0.2, 0) is 16.8 Å². The Hall–Kier alpha value is -2.40. The minimum atomic E-state index is -0.477. The highest BCUT2D eigenvalue weighted by atomic mass is 35.5. The average Bonchev–Trinajstić information content (AvgIpc) is 3.47. The second kappa shape index (κ2) is 7.46. The zero-order chi connectivity index (χ0) is 18.7. The Morgan fingerprint density at radius 2 is 1.69 bits per heavy atom. The van der Waals surface area contributed by atoms with Gasteiger partial charge < -0.3 is 19.5 Å². The molecule has 6 heteroatoms. The quantitative estimate of drug-likeness (QED) is 0.801. The lowest BCUT2D eigenvalue weighted by Crippen LogP contribution is -2.34. The van der Waals surface area contributed by atoms with Gasteiger partial charge in [0.05, 0.1) is 26.7 Å². The van der Waals surface area contributed by atoms with E-state index in [0.29, 0.717) is 28.8 Å². The van der Waals surface area contributed by atoms with Crippen LogP contribution >= 0.6 is 11.6 Å². The minimum Gasteiger partial charge on any atom is -0.496 e. The molecule has 5 nitrogen and oxygen atoms in total. The van der Waals surface area contributed by atoms with Gasteiger partial charge in [0.15, 0.2) is 11.5 Å². The number of hydrogen-bond acceptors (Lipinski definition) is 4. The third kappa shape index (κ3) is 3.44. The van der Waals surface area contributed by atoms with Gasteiger partial charge in [0.25, 0.3) is 0 Å². The predicted octanol–water partition coefficient (Wildman–Crippen LogP) is 3.71. The van der Waals surface area contributed by atoms with E-state index in [-0.39, 0.29) is 5.91 Å². The summed E-state index contributed by atoms with van der Waals surface area (Å²) in [6.45, 7) is 0.338. The van der Waals surface area contributed by atoms with Crippen LogP contribution in [0.4, 0.5) is 0 Å². The molecule has 2 aromatic rings. The van der Waals surface area contributed by atoms with Crippen molar-refractivity contribution in [3.63, 3.8) is 0 Å². The second-order valence-corrected chi connectivity index (χ2v) is 6.73. The number of rotatable bonds is 7. The molecular formula is C20H22ClNO4. The molecular weight excluding hydrogens is 354 g/mol. The fourth-order valence-corrected chi connectivity index (χ4v) is 3.32. The van der Waals surface area contributed by atoms with Crippen LogP contribution in [0.1, 0.15) is 24.0 Å². The molecule has 1 N–H and O–H groups in total. The molecule has 0 radical (unpaired) electrons. The maximum atomic E-state index is 12.8. The highest BCUT2D eigenvalue weighted by Gasteiger charge is 2.51. The van der Waals surface area contributed by atoms with E-state index < -0.39 is 5.41 Å². The van der Waals surface area contributed by atoms with Crippen LogP contribution in [0.5, 0.6) is 17.2 Å². The first-order valence-corrected chi connectivity index (χ1v) is 8.75. The van der Waals surface area contributed by atoms with Gasteiger partial charge >= 0.3 is 0 Å². The molecule has 1 aliphatic rings. The average molecular weight is 376 g/mol. The first-order valence-electron chi connectivity index (χ1n) is 8.37. The molecule has 0 atom stereocenters. The van der Waals surface area contributed by atoms with E-state index in [9.17, 15) is 4.79 Å². The lowest BCUT2D eigenvalue weighted by molar-refractivity contribution is -0.123. The van der Waals surface area contributed by atoms with Crippen LogP contribution < -0.4 is 19.5 Å². The smallest absolute Gasteiger partial charge is 0.230 e. The summed E-state index contributed by atoms with van der Waals surface area (Å²) < 4.78 is 16.0. The molecule has 1 amide bonds. The van der Waals surface area contributed by atoms with E-state index >= 15 is 0 Å². The zero-order valence-electron chi connectivity index (χ0n) is 15.1. The summed E-state index contributed by atoms with van der Waals surface area (Å²) in [4.78, 5) is 12.8. The monoisotopic (exact) mass is 375 g/mol. The van der Waals surface area contributed by atoms with Crippen molar-refractivity contribution < 1.29 is 19.0 Å². The Morgan fingerprint density at radius 1 is 1.04 bits per heavy atom. The normalized spacial score (nSPS) is 14.5. The van der Waals surface area contributed by atoms with Crippen LogP contribution in [-0.4, -0.2) is 27.2 Å². The first kappa shape index (κ1) is 18.4. The molecule has 2 aromatic carbocycles. The summed E-state index contributed by atoms with van der Waals surface area (Å²) in [5.74, 6) is 1.80. The van der Waals surface area contributed by atoms with Crippen LogP contribution in [0.3, 0.4) is 0 Å². The van der Waals surface area contributed by atoms with E-state index in [1.165, 1.54) is 0 Å². The van der Waals surface area contributed by atoms with E-state index in [4.69, 9.17) is 25.8 Å². The number of benzene rings is 2. The van der Waals surface area contributed by atoms with Gasteiger partial charge in [-0.3, -0.25) is 4.79 Å². The zero-order valence-corrected chi connectivity index (χ0v) is 15.9. The molecule has 1 saturated carbocycles. The van der Waals surface area contributed by atoms with Gasteiger partial charge in [-0.1, -0.05) is 23.7 Å². The molecule has 1 aliphatic carbocycles. The molecule has 0 aromatic heterocycles. The van der Waals surface area contributed by atoms with Crippen molar-refractivity contribution in [1.82, 2.24) is 5.32 Å². The minimum absolute atomic E-state index is 0.00314. The fourth-order valence-electron chi connectivity index (χ4n) is 3.13. The van der Waals surface area contributed by atoms with Gasteiger partial charge in [-0.15, -0.1) is 0 Å². The number of hydrogen-bond donors (Lipinski definition) is 1. The third-order valence-electron chi connectivity index (χ3n) is 4.79. The van der Waals surface area contributed by atoms with Crippen molar-refractivity contribution in [3.05, 3.63) is 52.5 Å². The summed E-state index contributed by atoms with van der Waals surface area (Å²) in [6, 6.07) is 11.1. The molecule has 0 aliphatic heterocycles. The molecule has 0 saturated heterocycles. The highest BCUT2D eigenvalue weighted by molar-refractivity contribution is 6.30. The largest absolute Gasteiger partial charge is 0.496 e.